The molecule has 1 aromatic carbocycles. The Hall–Kier alpha value is -2.26. The van der Waals surface area contributed by atoms with Gasteiger partial charge in [0.05, 0.1) is 11.9 Å². The second-order valence-corrected chi connectivity index (χ2v) is 10.1. The molecule has 1 aliphatic carbocycles. The van der Waals surface area contributed by atoms with Crippen molar-refractivity contribution in [2.75, 3.05) is 13.3 Å². The van der Waals surface area contributed by atoms with E-state index >= 15 is 0 Å². The highest BCUT2D eigenvalue weighted by molar-refractivity contribution is 7.90. The fraction of sp³-hybridized carbons (Fsp3) is 0.550. The van der Waals surface area contributed by atoms with E-state index in [4.69, 9.17) is 4.63 Å². The van der Waals surface area contributed by atoms with Crippen LogP contribution < -0.4 is 0 Å². The van der Waals surface area contributed by atoms with Crippen LogP contribution in [0, 0.1) is 5.92 Å². The Kier molecular flexibility index (Phi) is 5.69. The molecule has 3 aromatic rings. The molecule has 2 aromatic heterocycles. The van der Waals surface area contributed by atoms with Crippen molar-refractivity contribution in [2.45, 2.75) is 56.9 Å². The summed E-state index contributed by atoms with van der Waals surface area (Å²) in [6.07, 6.45) is 8.98. The highest BCUT2D eigenvalue weighted by Gasteiger charge is 2.23. The Labute approximate surface area is 170 Å². The third-order valence-electron chi connectivity index (χ3n) is 5.60. The number of rotatable bonds is 7. The van der Waals surface area contributed by atoms with Gasteiger partial charge in [-0.25, -0.2) is 18.0 Å². The molecule has 0 N–H and O–H groups in total. The lowest BCUT2D eigenvalue weighted by molar-refractivity contribution is 0.282. The van der Waals surface area contributed by atoms with Gasteiger partial charge in [0.15, 0.2) is 0 Å². The normalized spacial score (nSPS) is 16.1. The Morgan fingerprint density at radius 1 is 1.14 bits per heavy atom. The van der Waals surface area contributed by atoms with Gasteiger partial charge in [-0.05, 0) is 53.8 Å². The van der Waals surface area contributed by atoms with Crippen LogP contribution in [0.4, 0.5) is 0 Å². The minimum absolute atomic E-state index is 0.182. The SMILES string of the molecule is CN(Cc1ccc2nonc2c1)Cc1cnc(S(C)(=O)=O)n1CC1CCCCC1. The highest BCUT2D eigenvalue weighted by atomic mass is 32.2. The summed E-state index contributed by atoms with van der Waals surface area (Å²) in [5, 5.41) is 7.91. The average Bonchev–Trinajstić information content (AvgIpc) is 3.29. The van der Waals surface area contributed by atoms with Crippen LogP contribution in [-0.2, 0) is 29.5 Å². The Morgan fingerprint density at radius 2 is 1.90 bits per heavy atom. The van der Waals surface area contributed by atoms with Gasteiger partial charge in [-0.3, -0.25) is 4.90 Å². The van der Waals surface area contributed by atoms with Crippen molar-refractivity contribution >= 4 is 20.9 Å². The van der Waals surface area contributed by atoms with E-state index in [2.05, 4.69) is 20.2 Å². The van der Waals surface area contributed by atoms with E-state index in [1.807, 2.05) is 29.8 Å². The molecule has 0 aliphatic heterocycles. The first kappa shape index (κ1) is 20.0. The summed E-state index contributed by atoms with van der Waals surface area (Å²) in [5.74, 6) is 0.518. The van der Waals surface area contributed by atoms with Gasteiger partial charge in [-0.15, -0.1) is 0 Å². The second-order valence-electron chi connectivity index (χ2n) is 8.18. The standard InChI is InChI=1S/C20H27N5O3S/c1-24(12-16-8-9-18-19(10-16)23-28-22-18)14-17-11-21-20(29(2,26)27)25(17)13-15-6-4-3-5-7-15/h8-11,15H,3-7,12-14H2,1-2H3. The minimum atomic E-state index is -3.37. The molecule has 4 rings (SSSR count). The summed E-state index contributed by atoms with van der Waals surface area (Å²) in [4.78, 5) is 6.41. The molecule has 1 fully saturated rings. The lowest BCUT2D eigenvalue weighted by Gasteiger charge is -2.25. The molecule has 1 aliphatic rings. The lowest BCUT2D eigenvalue weighted by atomic mass is 9.89. The van der Waals surface area contributed by atoms with E-state index < -0.39 is 9.84 Å². The van der Waals surface area contributed by atoms with Crippen molar-refractivity contribution in [1.82, 2.24) is 24.8 Å². The van der Waals surface area contributed by atoms with Crippen molar-refractivity contribution in [2.24, 2.45) is 5.92 Å². The zero-order chi connectivity index (χ0) is 20.4. The highest BCUT2D eigenvalue weighted by Crippen LogP contribution is 2.27. The molecule has 0 amide bonds. The maximum absolute atomic E-state index is 12.3. The molecule has 1 saturated carbocycles. The first-order valence-corrected chi connectivity index (χ1v) is 11.9. The van der Waals surface area contributed by atoms with Gasteiger partial charge >= 0.3 is 0 Å². The number of fused-ring (bicyclic) bond motifs is 1. The monoisotopic (exact) mass is 417 g/mol. The van der Waals surface area contributed by atoms with Crippen molar-refractivity contribution in [3.63, 3.8) is 0 Å². The summed E-state index contributed by atoms with van der Waals surface area (Å²) < 4.78 is 31.2. The number of benzene rings is 1. The zero-order valence-corrected chi connectivity index (χ0v) is 17.7. The van der Waals surface area contributed by atoms with Gasteiger partial charge in [0.1, 0.15) is 11.0 Å². The molecule has 0 bridgehead atoms. The minimum Gasteiger partial charge on any atom is -0.317 e. The average molecular weight is 418 g/mol. The van der Waals surface area contributed by atoms with E-state index in [0.717, 1.165) is 41.7 Å². The van der Waals surface area contributed by atoms with E-state index in [1.165, 1.54) is 25.5 Å². The molecule has 0 radical (unpaired) electrons. The maximum Gasteiger partial charge on any atom is 0.227 e. The van der Waals surface area contributed by atoms with Crippen molar-refractivity contribution < 1.29 is 13.0 Å². The number of hydrogen-bond acceptors (Lipinski definition) is 7. The summed E-state index contributed by atoms with van der Waals surface area (Å²) in [6.45, 7) is 2.04. The molecule has 2 heterocycles. The molecule has 29 heavy (non-hydrogen) atoms. The molecule has 0 saturated heterocycles. The molecule has 0 spiro atoms. The summed E-state index contributed by atoms with van der Waals surface area (Å²) in [7, 11) is -1.35. The van der Waals surface area contributed by atoms with Crippen LogP contribution in [0.15, 0.2) is 34.2 Å². The number of hydrogen-bond donors (Lipinski definition) is 0. The molecular weight excluding hydrogens is 390 g/mol. The Balaban J connectivity index is 1.52. The van der Waals surface area contributed by atoms with Crippen LogP contribution in [0.25, 0.3) is 11.0 Å². The lowest BCUT2D eigenvalue weighted by Crippen LogP contribution is -2.23. The van der Waals surface area contributed by atoms with E-state index in [9.17, 15) is 8.42 Å². The predicted molar refractivity (Wildman–Crippen MR) is 109 cm³/mol. The van der Waals surface area contributed by atoms with Crippen LogP contribution in [-0.4, -0.2) is 46.5 Å². The number of nitrogens with zero attached hydrogens (tertiary/aromatic N) is 5. The molecule has 8 nitrogen and oxygen atoms in total. The fourth-order valence-electron chi connectivity index (χ4n) is 4.21. The Bertz CT molecular complexity index is 1080. The molecule has 9 heteroatoms. The first-order valence-electron chi connectivity index (χ1n) is 10.0. The van der Waals surface area contributed by atoms with Crippen molar-refractivity contribution in [1.29, 1.82) is 0 Å². The van der Waals surface area contributed by atoms with Crippen LogP contribution >= 0.6 is 0 Å². The Morgan fingerprint density at radius 3 is 2.66 bits per heavy atom. The van der Waals surface area contributed by atoms with Crippen LogP contribution in [0.1, 0.15) is 43.4 Å². The van der Waals surface area contributed by atoms with Gasteiger partial charge in [-0.2, -0.15) is 0 Å². The van der Waals surface area contributed by atoms with Gasteiger partial charge < -0.3 is 4.57 Å². The van der Waals surface area contributed by atoms with Gasteiger partial charge in [0, 0.05) is 25.9 Å². The molecular formula is C20H27N5O3S. The van der Waals surface area contributed by atoms with E-state index in [-0.39, 0.29) is 5.16 Å². The number of aromatic nitrogens is 4. The zero-order valence-electron chi connectivity index (χ0n) is 16.9. The van der Waals surface area contributed by atoms with Crippen molar-refractivity contribution in [3.05, 3.63) is 35.7 Å². The molecule has 0 unspecified atom stereocenters. The third kappa shape index (κ3) is 4.67. The fourth-order valence-corrected chi connectivity index (χ4v) is 5.04. The second kappa shape index (κ2) is 8.23. The largest absolute Gasteiger partial charge is 0.317 e. The van der Waals surface area contributed by atoms with Crippen LogP contribution in [0.5, 0.6) is 0 Å². The van der Waals surface area contributed by atoms with E-state index in [0.29, 0.717) is 19.0 Å². The molecule has 156 valence electrons. The number of imidazole rings is 1. The maximum atomic E-state index is 12.3. The third-order valence-corrected chi connectivity index (χ3v) is 6.59. The summed E-state index contributed by atoms with van der Waals surface area (Å²) in [6, 6.07) is 5.86. The summed E-state index contributed by atoms with van der Waals surface area (Å²) >= 11 is 0. The van der Waals surface area contributed by atoms with Gasteiger partial charge in [0.25, 0.3) is 0 Å². The first-order chi connectivity index (χ1) is 13.9. The quantitative estimate of drug-likeness (QED) is 0.583. The van der Waals surface area contributed by atoms with Crippen molar-refractivity contribution in [3.8, 4) is 0 Å². The topological polar surface area (TPSA) is 94.1 Å². The van der Waals surface area contributed by atoms with Gasteiger partial charge in [0.2, 0.25) is 15.0 Å². The summed E-state index contributed by atoms with van der Waals surface area (Å²) in [5.41, 5.74) is 3.50. The number of sulfone groups is 1. The van der Waals surface area contributed by atoms with Crippen LogP contribution in [0.3, 0.4) is 0 Å². The van der Waals surface area contributed by atoms with Gasteiger partial charge in [-0.1, -0.05) is 25.3 Å². The van der Waals surface area contributed by atoms with E-state index in [1.54, 1.807) is 6.20 Å². The van der Waals surface area contributed by atoms with Crippen LogP contribution in [0.2, 0.25) is 0 Å². The molecule has 0 atom stereocenters. The smallest absolute Gasteiger partial charge is 0.227 e. The predicted octanol–water partition coefficient (Wildman–Crippen LogP) is 3.04.